The summed E-state index contributed by atoms with van der Waals surface area (Å²) in [6.45, 7) is 2.45. The molecule has 1 N–H and O–H groups in total. The van der Waals surface area contributed by atoms with E-state index in [-0.39, 0.29) is 23.8 Å². The van der Waals surface area contributed by atoms with Crippen LogP contribution in [0.25, 0.3) is 0 Å². The highest BCUT2D eigenvalue weighted by Crippen LogP contribution is 2.19. The molecule has 1 amide bonds. The summed E-state index contributed by atoms with van der Waals surface area (Å²) in [5, 5.41) is 2.99. The van der Waals surface area contributed by atoms with Gasteiger partial charge >= 0.3 is 0 Å². The van der Waals surface area contributed by atoms with Crippen molar-refractivity contribution < 1.29 is 19.1 Å². The number of Topliss-reactive ketones (excluding diaryl/α,β-unsaturated/α-hetero) is 1. The Morgan fingerprint density at radius 2 is 2.12 bits per heavy atom. The van der Waals surface area contributed by atoms with Crippen LogP contribution in [0.15, 0.2) is 36.5 Å². The lowest BCUT2D eigenvalue weighted by Crippen LogP contribution is -2.51. The molecule has 1 fully saturated rings. The third-order valence-electron chi connectivity index (χ3n) is 3.71. The molecule has 0 spiro atoms. The topological polar surface area (TPSA) is 77.5 Å². The summed E-state index contributed by atoms with van der Waals surface area (Å²) in [5.74, 6) is 0.262. The molecule has 2 atom stereocenters. The van der Waals surface area contributed by atoms with Crippen LogP contribution in [-0.2, 0) is 4.74 Å². The minimum Gasteiger partial charge on any atom is -0.470 e. The number of hydrogen-bond donors (Lipinski definition) is 1. The summed E-state index contributed by atoms with van der Waals surface area (Å²) in [7, 11) is 0. The summed E-state index contributed by atoms with van der Waals surface area (Å²) in [5.41, 5.74) is 0. The zero-order valence-electron chi connectivity index (χ0n) is 13.2. The number of hydrogen-bond acceptors (Lipinski definition) is 6. The van der Waals surface area contributed by atoms with Crippen LogP contribution in [-0.4, -0.2) is 42.0 Å². The number of ether oxygens (including phenoxy) is 2. The summed E-state index contributed by atoms with van der Waals surface area (Å²) < 4.78 is 11.3. The van der Waals surface area contributed by atoms with Gasteiger partial charge in [0.25, 0.3) is 5.91 Å². The van der Waals surface area contributed by atoms with Crippen LogP contribution in [0.2, 0.25) is 0 Å². The molecule has 0 aromatic carbocycles. The van der Waals surface area contributed by atoms with Gasteiger partial charge in [-0.15, -0.1) is 11.3 Å². The van der Waals surface area contributed by atoms with Gasteiger partial charge in [0.1, 0.15) is 6.10 Å². The minimum absolute atomic E-state index is 0.0403. The molecule has 0 aliphatic carbocycles. The lowest BCUT2D eigenvalue weighted by molar-refractivity contribution is -0.0152. The lowest BCUT2D eigenvalue weighted by Gasteiger charge is -2.31. The Bertz CT molecular complexity index is 716. The largest absolute Gasteiger partial charge is 0.470 e. The predicted molar refractivity (Wildman–Crippen MR) is 89.7 cm³/mol. The van der Waals surface area contributed by atoms with Gasteiger partial charge in [0.15, 0.2) is 5.78 Å². The average molecular weight is 346 g/mol. The zero-order valence-corrected chi connectivity index (χ0v) is 14.0. The van der Waals surface area contributed by atoms with Gasteiger partial charge in [-0.2, -0.15) is 0 Å². The summed E-state index contributed by atoms with van der Waals surface area (Å²) in [4.78, 5) is 29.0. The summed E-state index contributed by atoms with van der Waals surface area (Å²) >= 11 is 1.20. The Balaban J connectivity index is 1.66. The SMILES string of the molecule is CC(=O)c1ccc(C(=O)N[C@@H]2CCOC[C@H]2Oc2ccccn2)s1. The van der Waals surface area contributed by atoms with Gasteiger partial charge in [-0.3, -0.25) is 9.59 Å². The molecule has 0 saturated carbocycles. The maximum Gasteiger partial charge on any atom is 0.261 e. The monoisotopic (exact) mass is 346 g/mol. The van der Waals surface area contributed by atoms with E-state index >= 15 is 0 Å². The Labute approximate surface area is 143 Å². The van der Waals surface area contributed by atoms with E-state index in [9.17, 15) is 9.59 Å². The second kappa shape index (κ2) is 7.55. The number of pyridine rings is 1. The molecule has 7 heteroatoms. The number of carbonyl (C=O) groups excluding carboxylic acids is 2. The molecule has 0 bridgehead atoms. The molecule has 0 unspecified atom stereocenters. The Hall–Kier alpha value is -2.25. The Kier molecular flexibility index (Phi) is 5.22. The van der Waals surface area contributed by atoms with E-state index in [0.717, 1.165) is 0 Å². The van der Waals surface area contributed by atoms with E-state index in [4.69, 9.17) is 9.47 Å². The number of thiophene rings is 1. The first-order chi connectivity index (χ1) is 11.6. The van der Waals surface area contributed by atoms with Crippen molar-refractivity contribution in [2.75, 3.05) is 13.2 Å². The van der Waals surface area contributed by atoms with Crippen LogP contribution in [0, 0.1) is 0 Å². The van der Waals surface area contributed by atoms with Crippen molar-refractivity contribution >= 4 is 23.0 Å². The molecule has 1 saturated heterocycles. The average Bonchev–Trinajstić information content (AvgIpc) is 3.08. The maximum absolute atomic E-state index is 12.4. The van der Waals surface area contributed by atoms with Gasteiger partial charge in [0.05, 0.1) is 22.4 Å². The molecule has 2 aromatic heterocycles. The lowest BCUT2D eigenvalue weighted by atomic mass is 10.1. The van der Waals surface area contributed by atoms with Gasteiger partial charge in [-0.05, 0) is 31.5 Å². The van der Waals surface area contributed by atoms with Gasteiger partial charge in [-0.1, -0.05) is 6.07 Å². The van der Waals surface area contributed by atoms with E-state index < -0.39 is 0 Å². The quantitative estimate of drug-likeness (QED) is 0.841. The van der Waals surface area contributed by atoms with Crippen LogP contribution in [0.1, 0.15) is 32.7 Å². The number of ketones is 1. The molecule has 3 heterocycles. The molecule has 3 rings (SSSR count). The van der Waals surface area contributed by atoms with Crippen LogP contribution in [0.3, 0.4) is 0 Å². The summed E-state index contributed by atoms with van der Waals surface area (Å²) in [6, 6.07) is 8.60. The van der Waals surface area contributed by atoms with Crippen LogP contribution >= 0.6 is 11.3 Å². The standard InChI is InChI=1S/C17H18N2O4S/c1-11(20)14-5-6-15(24-14)17(21)19-12-7-9-22-10-13(12)23-16-4-2-3-8-18-16/h2-6,8,12-13H,7,9-10H2,1H3,(H,19,21)/t12-,13-/m1/s1. The molecule has 1 aliphatic heterocycles. The number of aromatic nitrogens is 1. The molecular formula is C17H18N2O4S. The number of nitrogens with zero attached hydrogens (tertiary/aromatic N) is 1. The molecule has 126 valence electrons. The highest BCUT2D eigenvalue weighted by Gasteiger charge is 2.30. The first-order valence-electron chi connectivity index (χ1n) is 7.70. The van der Waals surface area contributed by atoms with Crippen LogP contribution in [0.4, 0.5) is 0 Å². The second-order valence-electron chi connectivity index (χ2n) is 5.49. The molecule has 2 aromatic rings. The van der Waals surface area contributed by atoms with E-state index in [1.54, 1.807) is 24.4 Å². The Morgan fingerprint density at radius 3 is 2.83 bits per heavy atom. The first-order valence-corrected chi connectivity index (χ1v) is 8.52. The third kappa shape index (κ3) is 3.98. The van der Waals surface area contributed by atoms with Crippen molar-refractivity contribution in [3.05, 3.63) is 46.3 Å². The normalized spacial score (nSPS) is 20.4. The van der Waals surface area contributed by atoms with Crippen molar-refractivity contribution in [2.45, 2.75) is 25.5 Å². The minimum atomic E-state index is -0.301. The molecule has 24 heavy (non-hydrogen) atoms. The van der Waals surface area contributed by atoms with Crippen LogP contribution < -0.4 is 10.1 Å². The fraction of sp³-hybridized carbons (Fsp3) is 0.353. The zero-order chi connectivity index (χ0) is 16.9. The van der Waals surface area contributed by atoms with Crippen molar-refractivity contribution in [1.82, 2.24) is 10.3 Å². The van der Waals surface area contributed by atoms with Gasteiger partial charge in [0, 0.05) is 18.9 Å². The fourth-order valence-corrected chi connectivity index (χ4v) is 3.26. The van der Waals surface area contributed by atoms with Gasteiger partial charge in [-0.25, -0.2) is 4.98 Å². The van der Waals surface area contributed by atoms with Crippen molar-refractivity contribution in [1.29, 1.82) is 0 Å². The molecule has 0 radical (unpaired) electrons. The highest BCUT2D eigenvalue weighted by atomic mass is 32.1. The number of carbonyl (C=O) groups is 2. The van der Waals surface area contributed by atoms with Crippen molar-refractivity contribution in [2.24, 2.45) is 0 Å². The molecule has 6 nitrogen and oxygen atoms in total. The van der Waals surface area contributed by atoms with E-state index in [2.05, 4.69) is 10.3 Å². The highest BCUT2D eigenvalue weighted by molar-refractivity contribution is 7.15. The number of amides is 1. The fourth-order valence-electron chi connectivity index (χ4n) is 2.45. The number of nitrogens with one attached hydrogen (secondary N) is 1. The Morgan fingerprint density at radius 1 is 1.29 bits per heavy atom. The first kappa shape index (κ1) is 16.6. The van der Waals surface area contributed by atoms with Gasteiger partial charge in [0.2, 0.25) is 5.88 Å². The van der Waals surface area contributed by atoms with E-state index in [0.29, 0.717) is 35.3 Å². The van der Waals surface area contributed by atoms with E-state index in [1.165, 1.54) is 18.3 Å². The number of rotatable bonds is 5. The van der Waals surface area contributed by atoms with Gasteiger partial charge < -0.3 is 14.8 Å². The van der Waals surface area contributed by atoms with Crippen molar-refractivity contribution in [3.8, 4) is 5.88 Å². The molecule has 1 aliphatic rings. The maximum atomic E-state index is 12.4. The smallest absolute Gasteiger partial charge is 0.261 e. The van der Waals surface area contributed by atoms with E-state index in [1.807, 2.05) is 12.1 Å². The second-order valence-corrected chi connectivity index (χ2v) is 6.57. The van der Waals surface area contributed by atoms with Crippen LogP contribution in [0.5, 0.6) is 5.88 Å². The third-order valence-corrected chi connectivity index (χ3v) is 4.89. The molecular weight excluding hydrogens is 328 g/mol. The summed E-state index contributed by atoms with van der Waals surface area (Å²) in [6.07, 6.45) is 2.01. The van der Waals surface area contributed by atoms with Crippen molar-refractivity contribution in [3.63, 3.8) is 0 Å². The predicted octanol–water partition coefficient (Wildman–Crippen LogP) is 2.31.